The molecular weight excluding hydrogens is 349 g/mol. The smallest absolute Gasteiger partial charge is 0.258 e. The molecule has 0 N–H and O–H groups in total. The van der Waals surface area contributed by atoms with Crippen LogP contribution in [0.2, 0.25) is 0 Å². The van der Waals surface area contributed by atoms with Crippen molar-refractivity contribution in [3.63, 3.8) is 0 Å². The van der Waals surface area contributed by atoms with Crippen LogP contribution in [0.15, 0.2) is 24.3 Å². The number of hydrogen-bond donors (Lipinski definition) is 0. The highest BCUT2D eigenvalue weighted by molar-refractivity contribution is 14.2. The molecule has 0 bridgehead atoms. The third-order valence-corrected chi connectivity index (χ3v) is 4.14. The van der Waals surface area contributed by atoms with Gasteiger partial charge in [-0.25, -0.2) is 0 Å². The molecule has 90 valence electrons. The van der Waals surface area contributed by atoms with Crippen molar-refractivity contribution in [3.05, 3.63) is 58.2 Å². The molecule has 0 unspecified atom stereocenters. The summed E-state index contributed by atoms with van der Waals surface area (Å²) in [6, 6.07) is 4.90. The average molecular weight is 353 g/mol. The molecule has 0 fully saturated rings. The molecule has 1 aromatic rings. The van der Waals surface area contributed by atoms with Gasteiger partial charge in [0.2, 0.25) is 0 Å². The van der Waals surface area contributed by atoms with Crippen molar-refractivity contribution in [3.8, 4) is 0 Å². The first-order chi connectivity index (χ1) is 7.91. The van der Waals surface area contributed by atoms with E-state index in [9.17, 15) is 30.3 Å². The molecule has 1 aromatic carbocycles. The Morgan fingerprint density at radius 3 is 1.76 bits per heavy atom. The molecule has 0 amide bonds. The van der Waals surface area contributed by atoms with E-state index in [1.165, 1.54) is 12.1 Å². The molecule has 0 atom stereocenters. The lowest BCUT2D eigenvalue weighted by Crippen LogP contribution is -2.19. The summed E-state index contributed by atoms with van der Waals surface area (Å²) in [5, 5.41) is 31.1. The third kappa shape index (κ3) is 3.51. The van der Waals surface area contributed by atoms with Gasteiger partial charge in [0.1, 0.15) is 9.85 Å². The normalized spacial score (nSPS) is 9.65. The quantitative estimate of drug-likeness (QED) is 0.457. The lowest BCUT2D eigenvalue weighted by Gasteiger charge is -1.92. The fraction of sp³-hybridized carbons (Fsp3) is 0. The molecular formula is C7H4IN3O6. The third-order valence-electron chi connectivity index (χ3n) is 1.53. The maximum absolute atomic E-state index is 10.4. The average Bonchev–Trinajstić information content (AvgIpc) is 2.25. The minimum absolute atomic E-state index is 0.165. The molecule has 0 radical (unpaired) electrons. The van der Waals surface area contributed by atoms with Crippen LogP contribution in [0, 0.1) is 33.9 Å². The van der Waals surface area contributed by atoms with Gasteiger partial charge in [-0.3, -0.25) is 30.3 Å². The standard InChI is InChI=1S/C7H4IN3O6/c12-9(13)6-3-1-5(2-4-6)8-7(10(14)15)11(16)17/h1-4H. The number of halogens is 1. The highest BCUT2D eigenvalue weighted by Crippen LogP contribution is 2.18. The zero-order valence-corrected chi connectivity index (χ0v) is 10.1. The highest BCUT2D eigenvalue weighted by atomic mass is 127. The van der Waals surface area contributed by atoms with Crippen molar-refractivity contribution < 1.29 is 14.8 Å². The SMILES string of the molecule is O=[N+]([O-])C(=Ic1ccc([N+](=O)[O-])cc1)[N+](=O)[O-]. The number of non-ortho nitro benzene ring substituents is 1. The zero-order chi connectivity index (χ0) is 13.0. The number of nitrogens with zero attached hydrogens (tertiary/aromatic N) is 3. The lowest BCUT2D eigenvalue weighted by molar-refractivity contribution is -0.493. The van der Waals surface area contributed by atoms with Gasteiger partial charge >= 0.3 is 3.76 Å². The fourth-order valence-corrected chi connectivity index (χ4v) is 2.53. The van der Waals surface area contributed by atoms with Crippen molar-refractivity contribution >= 4 is 30.2 Å². The van der Waals surface area contributed by atoms with Gasteiger partial charge in [-0.05, 0) is 12.1 Å². The second kappa shape index (κ2) is 5.38. The van der Waals surface area contributed by atoms with Crippen molar-refractivity contribution in [2.75, 3.05) is 0 Å². The number of benzene rings is 1. The maximum Gasteiger partial charge on any atom is 0.585 e. The van der Waals surface area contributed by atoms with E-state index >= 15 is 0 Å². The Bertz CT molecular complexity index is 495. The van der Waals surface area contributed by atoms with E-state index < -0.39 is 39.3 Å². The zero-order valence-electron chi connectivity index (χ0n) is 7.98. The molecule has 9 nitrogen and oxygen atoms in total. The summed E-state index contributed by atoms with van der Waals surface area (Å²) in [6.07, 6.45) is 0. The molecule has 0 aliphatic carbocycles. The first-order valence-electron chi connectivity index (χ1n) is 3.97. The number of nitro groups is 3. The van der Waals surface area contributed by atoms with Crippen LogP contribution in [-0.2, 0) is 0 Å². The Morgan fingerprint density at radius 1 is 0.941 bits per heavy atom. The van der Waals surface area contributed by atoms with Crippen molar-refractivity contribution in [1.29, 1.82) is 0 Å². The molecule has 10 heteroatoms. The lowest BCUT2D eigenvalue weighted by atomic mass is 10.3. The summed E-state index contributed by atoms with van der Waals surface area (Å²) >= 11 is -1.56. The molecule has 0 saturated heterocycles. The molecule has 0 aliphatic rings. The van der Waals surface area contributed by atoms with Crippen LogP contribution in [0.1, 0.15) is 0 Å². The van der Waals surface area contributed by atoms with E-state index in [1.54, 1.807) is 0 Å². The Morgan fingerprint density at radius 2 is 1.41 bits per heavy atom. The predicted octanol–water partition coefficient (Wildman–Crippen LogP) is 1.38. The molecule has 0 heterocycles. The van der Waals surface area contributed by atoms with Crippen LogP contribution >= 0.6 is 20.7 Å². The first-order valence-corrected chi connectivity index (χ1v) is 6.12. The Labute approximate surface area is 103 Å². The Kier molecular flexibility index (Phi) is 4.14. The number of rotatable bonds is 4. The molecule has 0 aliphatic heterocycles. The fourth-order valence-electron chi connectivity index (χ4n) is 0.859. The minimum atomic E-state index is -1.56. The van der Waals surface area contributed by atoms with Crippen LogP contribution in [0.4, 0.5) is 5.69 Å². The van der Waals surface area contributed by atoms with Gasteiger partial charge in [-0.2, -0.15) is 0 Å². The van der Waals surface area contributed by atoms with Gasteiger partial charge < -0.3 is 0 Å². The first kappa shape index (κ1) is 13.1. The monoisotopic (exact) mass is 353 g/mol. The highest BCUT2D eigenvalue weighted by Gasteiger charge is 2.26. The topological polar surface area (TPSA) is 129 Å². The summed E-state index contributed by atoms with van der Waals surface area (Å²) in [5.74, 6) is 0. The predicted molar refractivity (Wildman–Crippen MR) is 64.8 cm³/mol. The largest absolute Gasteiger partial charge is 0.585 e. The molecule has 0 spiro atoms. The van der Waals surface area contributed by atoms with Crippen LogP contribution in [0.5, 0.6) is 0 Å². The van der Waals surface area contributed by atoms with Crippen LogP contribution in [0.25, 0.3) is 0 Å². The van der Waals surface area contributed by atoms with Crippen LogP contribution in [-0.4, -0.2) is 18.5 Å². The van der Waals surface area contributed by atoms with Crippen molar-refractivity contribution in [2.45, 2.75) is 0 Å². The second-order valence-corrected chi connectivity index (χ2v) is 5.36. The van der Waals surface area contributed by atoms with E-state index in [4.69, 9.17) is 0 Å². The summed E-state index contributed by atoms with van der Waals surface area (Å²) < 4.78 is -0.588. The second-order valence-electron chi connectivity index (χ2n) is 2.61. The molecule has 1 rings (SSSR count). The molecule has 0 aromatic heterocycles. The van der Waals surface area contributed by atoms with Gasteiger partial charge in [0.25, 0.3) is 5.69 Å². The molecule has 17 heavy (non-hydrogen) atoms. The summed E-state index contributed by atoms with van der Waals surface area (Å²) in [7, 11) is 0. The van der Waals surface area contributed by atoms with Gasteiger partial charge in [-0.15, -0.1) is 0 Å². The number of hydrogen-bond acceptors (Lipinski definition) is 6. The maximum atomic E-state index is 10.4. The van der Waals surface area contributed by atoms with E-state index in [0.29, 0.717) is 3.57 Å². The van der Waals surface area contributed by atoms with E-state index in [0.717, 1.165) is 12.1 Å². The van der Waals surface area contributed by atoms with Crippen LogP contribution in [0.3, 0.4) is 0 Å². The molecule has 0 saturated carbocycles. The summed E-state index contributed by atoms with van der Waals surface area (Å²) in [4.78, 5) is 28.4. The van der Waals surface area contributed by atoms with E-state index in [-0.39, 0.29) is 5.69 Å². The van der Waals surface area contributed by atoms with Crippen LogP contribution < -0.4 is 0 Å². The summed E-state index contributed by atoms with van der Waals surface area (Å²) in [6.45, 7) is 0. The van der Waals surface area contributed by atoms with Gasteiger partial charge in [0, 0.05) is 15.7 Å². The van der Waals surface area contributed by atoms with Gasteiger partial charge in [-0.1, -0.05) is 0 Å². The number of nitro benzene ring substituents is 1. The van der Waals surface area contributed by atoms with E-state index in [1.807, 2.05) is 0 Å². The Balaban J connectivity index is 3.09. The van der Waals surface area contributed by atoms with Crippen molar-refractivity contribution in [1.82, 2.24) is 0 Å². The minimum Gasteiger partial charge on any atom is -0.258 e. The summed E-state index contributed by atoms with van der Waals surface area (Å²) in [5.41, 5.74) is -0.165. The van der Waals surface area contributed by atoms with Gasteiger partial charge in [0.05, 0.1) is 25.7 Å². The van der Waals surface area contributed by atoms with E-state index in [2.05, 4.69) is 0 Å². The Hall–Kier alpha value is -1.98. The van der Waals surface area contributed by atoms with Gasteiger partial charge in [0.15, 0.2) is 0 Å². The van der Waals surface area contributed by atoms with Crippen molar-refractivity contribution in [2.24, 2.45) is 0 Å².